The number of carbonyl (C=O) groups is 2. The van der Waals surface area contributed by atoms with Crippen molar-refractivity contribution in [3.63, 3.8) is 0 Å². The molecule has 5 nitrogen and oxygen atoms in total. The molecule has 4 rings (SSSR count). The molecule has 1 aliphatic rings. The van der Waals surface area contributed by atoms with Gasteiger partial charge in [0.1, 0.15) is 5.76 Å². The first-order chi connectivity index (χ1) is 12.9. The molecule has 0 aliphatic carbocycles. The predicted octanol–water partition coefficient (Wildman–Crippen LogP) is 4.32. The quantitative estimate of drug-likeness (QED) is 0.659. The van der Waals surface area contributed by atoms with Gasteiger partial charge in [-0.3, -0.25) is 9.59 Å². The Morgan fingerprint density at radius 3 is 2.63 bits per heavy atom. The van der Waals surface area contributed by atoms with Crippen LogP contribution in [0.25, 0.3) is 11.3 Å². The van der Waals surface area contributed by atoms with E-state index >= 15 is 0 Å². The van der Waals surface area contributed by atoms with Crippen LogP contribution in [0, 0.1) is 6.92 Å². The van der Waals surface area contributed by atoms with Crippen molar-refractivity contribution in [2.45, 2.75) is 18.9 Å². The molecule has 1 amide bonds. The van der Waals surface area contributed by atoms with Crippen molar-refractivity contribution in [3.8, 4) is 11.3 Å². The molecule has 0 spiro atoms. The van der Waals surface area contributed by atoms with Crippen LogP contribution in [-0.2, 0) is 10.4 Å². The second-order valence-electron chi connectivity index (χ2n) is 6.58. The predicted molar refractivity (Wildman–Crippen MR) is 102 cm³/mol. The molecular weight excluding hydrogens is 366 g/mol. The van der Waals surface area contributed by atoms with Gasteiger partial charge in [-0.2, -0.15) is 0 Å². The van der Waals surface area contributed by atoms with Gasteiger partial charge in [0.15, 0.2) is 11.4 Å². The first-order valence-electron chi connectivity index (χ1n) is 8.41. The van der Waals surface area contributed by atoms with E-state index in [1.165, 1.54) is 0 Å². The van der Waals surface area contributed by atoms with E-state index in [0.717, 1.165) is 11.1 Å². The number of fused-ring (bicyclic) bond motifs is 1. The van der Waals surface area contributed by atoms with Crippen molar-refractivity contribution >= 4 is 29.0 Å². The number of nitrogens with one attached hydrogen (secondary N) is 1. The Kier molecular flexibility index (Phi) is 4.13. The van der Waals surface area contributed by atoms with Gasteiger partial charge < -0.3 is 14.8 Å². The number of ketones is 1. The first-order valence-corrected chi connectivity index (χ1v) is 8.79. The van der Waals surface area contributed by atoms with Crippen LogP contribution >= 0.6 is 11.6 Å². The zero-order valence-electron chi connectivity index (χ0n) is 14.5. The molecule has 1 aliphatic heterocycles. The fourth-order valence-corrected chi connectivity index (χ4v) is 3.40. The zero-order chi connectivity index (χ0) is 19.2. The van der Waals surface area contributed by atoms with Crippen LogP contribution in [0.15, 0.2) is 59.0 Å². The number of furan rings is 1. The minimum Gasteiger partial charge on any atom is -0.453 e. The number of benzene rings is 2. The number of amides is 1. The van der Waals surface area contributed by atoms with Gasteiger partial charge in [-0.25, -0.2) is 0 Å². The third-order valence-corrected chi connectivity index (χ3v) is 5.01. The van der Waals surface area contributed by atoms with E-state index in [9.17, 15) is 14.7 Å². The maximum absolute atomic E-state index is 12.7. The topological polar surface area (TPSA) is 79.5 Å². The number of carbonyl (C=O) groups excluding carboxylic acids is 2. The molecule has 2 heterocycles. The Morgan fingerprint density at radius 1 is 1.15 bits per heavy atom. The van der Waals surface area contributed by atoms with Crippen LogP contribution in [0.5, 0.6) is 0 Å². The Morgan fingerprint density at radius 2 is 1.89 bits per heavy atom. The molecular formula is C21H16ClNO4. The van der Waals surface area contributed by atoms with Gasteiger partial charge in [0.25, 0.3) is 5.91 Å². The van der Waals surface area contributed by atoms with Crippen LogP contribution in [-0.4, -0.2) is 16.8 Å². The lowest BCUT2D eigenvalue weighted by atomic mass is 9.88. The third-order valence-electron chi connectivity index (χ3n) is 4.76. The number of rotatable bonds is 4. The molecule has 1 aromatic heterocycles. The molecule has 0 radical (unpaired) electrons. The lowest BCUT2D eigenvalue weighted by molar-refractivity contribution is -0.133. The number of Topliss-reactive ketones (excluding diaryl/α,β-unsaturated/α-hetero) is 1. The van der Waals surface area contributed by atoms with E-state index < -0.39 is 23.7 Å². The van der Waals surface area contributed by atoms with Gasteiger partial charge in [-0.05, 0) is 48.9 Å². The summed E-state index contributed by atoms with van der Waals surface area (Å²) in [6, 6.07) is 15.5. The number of hydrogen-bond acceptors (Lipinski definition) is 4. The lowest BCUT2D eigenvalue weighted by Crippen LogP contribution is -2.36. The van der Waals surface area contributed by atoms with Crippen LogP contribution < -0.4 is 5.32 Å². The lowest BCUT2D eigenvalue weighted by Gasteiger charge is -2.19. The van der Waals surface area contributed by atoms with Crippen molar-refractivity contribution in [2.24, 2.45) is 0 Å². The monoisotopic (exact) mass is 381 g/mol. The van der Waals surface area contributed by atoms with E-state index in [2.05, 4.69) is 5.32 Å². The van der Waals surface area contributed by atoms with Crippen molar-refractivity contribution in [1.82, 2.24) is 0 Å². The van der Waals surface area contributed by atoms with Crippen LogP contribution in [0.2, 0.25) is 5.02 Å². The van der Waals surface area contributed by atoms with Gasteiger partial charge in [0.05, 0.1) is 12.1 Å². The number of halogens is 1. The number of aryl methyl sites for hydroxylation is 1. The minimum absolute atomic E-state index is 0.0854. The minimum atomic E-state index is -1.91. The summed E-state index contributed by atoms with van der Waals surface area (Å²) in [5.41, 5.74) is 0.652. The molecule has 136 valence electrons. The molecule has 0 fully saturated rings. The number of aliphatic hydroxyl groups is 1. The molecule has 1 atom stereocenters. The first kappa shape index (κ1) is 17.5. The van der Waals surface area contributed by atoms with Gasteiger partial charge >= 0.3 is 0 Å². The summed E-state index contributed by atoms with van der Waals surface area (Å²) in [5.74, 6) is -0.469. The molecule has 0 unspecified atom stereocenters. The van der Waals surface area contributed by atoms with Crippen molar-refractivity contribution in [3.05, 3.63) is 76.5 Å². The summed E-state index contributed by atoms with van der Waals surface area (Å²) in [5, 5.41) is 14.2. The highest BCUT2D eigenvalue weighted by Crippen LogP contribution is 2.40. The van der Waals surface area contributed by atoms with Gasteiger partial charge in [0.2, 0.25) is 5.78 Å². The van der Waals surface area contributed by atoms with Crippen molar-refractivity contribution in [1.29, 1.82) is 0 Å². The smallest absolute Gasteiger partial charge is 0.261 e. The zero-order valence-corrected chi connectivity index (χ0v) is 15.2. The highest BCUT2D eigenvalue weighted by molar-refractivity contribution is 6.30. The molecule has 0 saturated heterocycles. The van der Waals surface area contributed by atoms with E-state index in [4.69, 9.17) is 16.0 Å². The molecule has 2 N–H and O–H groups in total. The van der Waals surface area contributed by atoms with E-state index in [-0.39, 0.29) is 5.76 Å². The van der Waals surface area contributed by atoms with Crippen molar-refractivity contribution in [2.75, 3.05) is 5.32 Å². The molecule has 2 aromatic carbocycles. The highest BCUT2D eigenvalue weighted by Gasteiger charge is 2.47. The molecule has 3 aromatic rings. The number of para-hydroxylation sites is 1. The number of anilines is 1. The second kappa shape index (κ2) is 6.37. The Labute approximate surface area is 160 Å². The van der Waals surface area contributed by atoms with Crippen LogP contribution in [0.3, 0.4) is 0 Å². The standard InChI is InChI=1S/C21H16ClNO4/c1-12-3-2-4-15-19(12)23-20(25)21(15,26)11-16(24)18-10-9-17(27-18)13-5-7-14(22)8-6-13/h2-10,26H,11H2,1H3,(H,23,25)/t21-/m1/s1. The fourth-order valence-electron chi connectivity index (χ4n) is 3.27. The molecule has 27 heavy (non-hydrogen) atoms. The van der Waals surface area contributed by atoms with E-state index in [1.54, 1.807) is 48.5 Å². The number of hydrogen-bond donors (Lipinski definition) is 2. The average molecular weight is 382 g/mol. The Hall–Kier alpha value is -2.89. The van der Waals surface area contributed by atoms with E-state index in [0.29, 0.717) is 22.0 Å². The second-order valence-corrected chi connectivity index (χ2v) is 7.02. The van der Waals surface area contributed by atoms with Gasteiger partial charge in [-0.15, -0.1) is 0 Å². The fraction of sp³-hybridized carbons (Fsp3) is 0.143. The summed E-state index contributed by atoms with van der Waals surface area (Å²) in [6.07, 6.45) is -0.400. The van der Waals surface area contributed by atoms with Crippen molar-refractivity contribution < 1.29 is 19.1 Å². The van der Waals surface area contributed by atoms with Gasteiger partial charge in [0, 0.05) is 16.1 Å². The van der Waals surface area contributed by atoms with E-state index in [1.807, 2.05) is 13.0 Å². The molecule has 0 bridgehead atoms. The Balaban J connectivity index is 1.61. The SMILES string of the molecule is Cc1cccc2c1NC(=O)[C@@]2(O)CC(=O)c1ccc(-c2ccc(Cl)cc2)o1. The normalized spacial score (nSPS) is 18.3. The maximum atomic E-state index is 12.7. The summed E-state index contributed by atoms with van der Waals surface area (Å²) < 4.78 is 5.64. The third kappa shape index (κ3) is 2.95. The maximum Gasteiger partial charge on any atom is 0.261 e. The largest absolute Gasteiger partial charge is 0.453 e. The summed E-state index contributed by atoms with van der Waals surface area (Å²) in [6.45, 7) is 1.83. The van der Waals surface area contributed by atoms with Gasteiger partial charge in [-0.1, -0.05) is 29.8 Å². The summed E-state index contributed by atoms with van der Waals surface area (Å²) >= 11 is 5.88. The average Bonchev–Trinajstić information content (AvgIpc) is 3.22. The highest BCUT2D eigenvalue weighted by atomic mass is 35.5. The molecule has 6 heteroatoms. The summed E-state index contributed by atoms with van der Waals surface area (Å²) in [7, 11) is 0. The summed E-state index contributed by atoms with van der Waals surface area (Å²) in [4.78, 5) is 25.1. The van der Waals surface area contributed by atoms with Crippen LogP contribution in [0.1, 0.15) is 28.1 Å². The Bertz CT molecular complexity index is 1050. The van der Waals surface area contributed by atoms with Crippen LogP contribution in [0.4, 0.5) is 5.69 Å². The molecule has 0 saturated carbocycles.